The number of halogens is 1. The van der Waals surface area contributed by atoms with Gasteiger partial charge in [0.15, 0.2) is 5.11 Å². The summed E-state index contributed by atoms with van der Waals surface area (Å²) in [7, 11) is 0. The van der Waals surface area contributed by atoms with Gasteiger partial charge in [0.1, 0.15) is 11.9 Å². The van der Waals surface area contributed by atoms with E-state index in [0.717, 1.165) is 12.8 Å². The van der Waals surface area contributed by atoms with Crippen LogP contribution in [0.1, 0.15) is 31.7 Å². The Balaban J connectivity index is 1.94. The minimum absolute atomic E-state index is 0.0555. The van der Waals surface area contributed by atoms with Gasteiger partial charge in [0, 0.05) is 19.2 Å². The first kappa shape index (κ1) is 22.5. The first-order chi connectivity index (χ1) is 13.9. The molecule has 1 fully saturated rings. The quantitative estimate of drug-likeness (QED) is 0.302. The van der Waals surface area contributed by atoms with E-state index in [4.69, 9.17) is 17.0 Å². The molecule has 1 saturated heterocycles. The molecule has 2 rings (SSSR count). The van der Waals surface area contributed by atoms with Gasteiger partial charge in [-0.25, -0.2) is 4.39 Å². The van der Waals surface area contributed by atoms with Crippen molar-refractivity contribution in [2.75, 3.05) is 19.7 Å². The summed E-state index contributed by atoms with van der Waals surface area (Å²) < 4.78 is 18.0. The van der Waals surface area contributed by atoms with Crippen LogP contribution < -0.4 is 10.6 Å². The van der Waals surface area contributed by atoms with Crippen molar-refractivity contribution < 1.29 is 23.5 Å². The molecule has 1 aliphatic rings. The van der Waals surface area contributed by atoms with Gasteiger partial charge in [-0.05, 0) is 42.4 Å². The number of esters is 1. The second-order valence-electron chi connectivity index (χ2n) is 6.46. The van der Waals surface area contributed by atoms with Crippen LogP contribution in [-0.2, 0) is 19.1 Å². The summed E-state index contributed by atoms with van der Waals surface area (Å²) in [6.45, 7) is 3.00. The summed E-state index contributed by atoms with van der Waals surface area (Å²) in [4.78, 5) is 37.9. The van der Waals surface area contributed by atoms with Gasteiger partial charge in [-0.2, -0.15) is 0 Å². The van der Waals surface area contributed by atoms with E-state index in [1.807, 2.05) is 6.92 Å². The third-order valence-corrected chi connectivity index (χ3v) is 4.58. The van der Waals surface area contributed by atoms with Crippen LogP contribution in [0.15, 0.2) is 30.3 Å². The fourth-order valence-electron chi connectivity index (χ4n) is 2.67. The molecule has 1 aromatic rings. The lowest BCUT2D eigenvalue weighted by molar-refractivity contribution is -0.147. The standard InChI is InChI=1S/C20H24FN3O4S/c1-2-3-12-28-18(26)13-16-19(27)22-10-11-24(16)20(29)23-17(25)9-6-14-4-7-15(21)8-5-14/h4-9,16H,2-3,10-13H2,1H3,(H,22,27)(H,23,25,29). The highest BCUT2D eigenvalue weighted by molar-refractivity contribution is 7.80. The van der Waals surface area contributed by atoms with Crippen LogP contribution in [0.2, 0.25) is 0 Å². The Morgan fingerprint density at radius 2 is 2.10 bits per heavy atom. The number of ether oxygens (including phenoxy) is 1. The second-order valence-corrected chi connectivity index (χ2v) is 6.84. The van der Waals surface area contributed by atoms with Crippen LogP contribution in [0, 0.1) is 5.82 Å². The highest BCUT2D eigenvalue weighted by Crippen LogP contribution is 2.11. The summed E-state index contributed by atoms with van der Waals surface area (Å²) in [6, 6.07) is 4.81. The molecule has 1 atom stereocenters. The lowest BCUT2D eigenvalue weighted by Crippen LogP contribution is -2.60. The molecule has 1 unspecified atom stereocenters. The van der Waals surface area contributed by atoms with Crippen LogP contribution in [0.4, 0.5) is 4.39 Å². The summed E-state index contributed by atoms with van der Waals surface area (Å²) in [5.41, 5.74) is 0.650. The smallest absolute Gasteiger partial charge is 0.308 e. The summed E-state index contributed by atoms with van der Waals surface area (Å²) in [6.07, 6.45) is 4.27. The number of nitrogens with zero attached hydrogens (tertiary/aromatic N) is 1. The van der Waals surface area contributed by atoms with E-state index in [-0.39, 0.29) is 23.3 Å². The third-order valence-electron chi connectivity index (χ3n) is 4.24. The molecular formula is C20H24FN3O4S. The molecular weight excluding hydrogens is 397 g/mol. The lowest BCUT2D eigenvalue weighted by atomic mass is 10.1. The number of carbonyl (C=O) groups excluding carboxylic acids is 3. The Bertz CT molecular complexity index is 782. The molecule has 2 N–H and O–H groups in total. The van der Waals surface area contributed by atoms with E-state index in [9.17, 15) is 18.8 Å². The van der Waals surface area contributed by atoms with E-state index in [1.54, 1.807) is 0 Å². The first-order valence-corrected chi connectivity index (χ1v) is 9.80. The molecule has 9 heteroatoms. The fourth-order valence-corrected chi connectivity index (χ4v) is 2.99. The summed E-state index contributed by atoms with van der Waals surface area (Å²) >= 11 is 5.27. The zero-order valence-corrected chi connectivity index (χ0v) is 17.0. The monoisotopic (exact) mass is 421 g/mol. The van der Waals surface area contributed by atoms with E-state index in [1.165, 1.54) is 41.3 Å². The number of piperazine rings is 1. The topological polar surface area (TPSA) is 87.7 Å². The number of thiocarbonyl (C=S) groups is 1. The van der Waals surface area contributed by atoms with Gasteiger partial charge in [-0.3, -0.25) is 19.7 Å². The van der Waals surface area contributed by atoms with Crippen LogP contribution >= 0.6 is 12.2 Å². The SMILES string of the molecule is CCCCOC(=O)CC1C(=O)NCCN1C(=S)NC(=O)C=Cc1ccc(F)cc1. The number of nitrogens with one attached hydrogen (secondary N) is 2. The predicted molar refractivity (Wildman–Crippen MR) is 110 cm³/mol. The number of rotatable bonds is 7. The molecule has 0 aromatic heterocycles. The van der Waals surface area contributed by atoms with Gasteiger partial charge < -0.3 is 15.0 Å². The van der Waals surface area contributed by atoms with E-state index >= 15 is 0 Å². The largest absolute Gasteiger partial charge is 0.466 e. The van der Waals surface area contributed by atoms with Crippen molar-refractivity contribution in [2.45, 2.75) is 32.2 Å². The zero-order valence-electron chi connectivity index (χ0n) is 16.2. The Morgan fingerprint density at radius 1 is 1.38 bits per heavy atom. The number of hydrogen-bond donors (Lipinski definition) is 2. The highest BCUT2D eigenvalue weighted by atomic mass is 32.1. The van der Waals surface area contributed by atoms with Crippen molar-refractivity contribution in [3.63, 3.8) is 0 Å². The van der Waals surface area contributed by atoms with Crippen LogP contribution in [0.25, 0.3) is 6.08 Å². The molecule has 156 valence electrons. The van der Waals surface area contributed by atoms with Crippen molar-refractivity contribution in [1.29, 1.82) is 0 Å². The van der Waals surface area contributed by atoms with Crippen LogP contribution in [0.5, 0.6) is 0 Å². The van der Waals surface area contributed by atoms with E-state index < -0.39 is 17.9 Å². The molecule has 29 heavy (non-hydrogen) atoms. The summed E-state index contributed by atoms with van der Waals surface area (Å²) in [5.74, 6) is -1.69. The molecule has 2 amide bonds. The number of hydrogen-bond acceptors (Lipinski definition) is 5. The second kappa shape index (κ2) is 11.3. The van der Waals surface area contributed by atoms with Crippen molar-refractivity contribution in [1.82, 2.24) is 15.5 Å². The maximum Gasteiger partial charge on any atom is 0.308 e. The number of carbonyl (C=O) groups is 3. The van der Waals surface area contributed by atoms with Gasteiger partial charge in [-0.1, -0.05) is 25.5 Å². The average molecular weight is 421 g/mol. The molecule has 0 saturated carbocycles. The van der Waals surface area contributed by atoms with Gasteiger partial charge in [0.25, 0.3) is 0 Å². The highest BCUT2D eigenvalue weighted by Gasteiger charge is 2.34. The number of benzene rings is 1. The molecule has 0 radical (unpaired) electrons. The third kappa shape index (κ3) is 7.26. The first-order valence-electron chi connectivity index (χ1n) is 9.39. The maximum absolute atomic E-state index is 12.9. The molecule has 1 aromatic carbocycles. The molecule has 0 bridgehead atoms. The molecule has 0 aliphatic carbocycles. The van der Waals surface area contributed by atoms with Crippen LogP contribution in [-0.4, -0.2) is 53.5 Å². The van der Waals surface area contributed by atoms with Crippen molar-refractivity contribution >= 4 is 41.2 Å². The van der Waals surface area contributed by atoms with Crippen molar-refractivity contribution in [2.24, 2.45) is 0 Å². The average Bonchev–Trinajstić information content (AvgIpc) is 2.69. The van der Waals surface area contributed by atoms with E-state index in [2.05, 4.69) is 10.6 Å². The number of unbranched alkanes of at least 4 members (excludes halogenated alkanes) is 1. The van der Waals surface area contributed by atoms with Gasteiger partial charge in [0.2, 0.25) is 11.8 Å². The molecule has 1 heterocycles. The maximum atomic E-state index is 12.9. The fraction of sp³-hybridized carbons (Fsp3) is 0.400. The Labute approximate surface area is 174 Å². The normalized spacial score (nSPS) is 16.4. The van der Waals surface area contributed by atoms with Gasteiger partial charge in [0.05, 0.1) is 13.0 Å². The summed E-state index contributed by atoms with van der Waals surface area (Å²) in [5, 5.41) is 5.28. The Hall–Kier alpha value is -2.81. The zero-order chi connectivity index (χ0) is 21.2. The van der Waals surface area contributed by atoms with Crippen LogP contribution in [0.3, 0.4) is 0 Å². The molecule has 1 aliphatic heterocycles. The van der Waals surface area contributed by atoms with Gasteiger partial charge >= 0.3 is 5.97 Å². The molecule has 0 spiro atoms. The van der Waals surface area contributed by atoms with Crippen molar-refractivity contribution in [3.8, 4) is 0 Å². The minimum Gasteiger partial charge on any atom is -0.466 e. The van der Waals surface area contributed by atoms with Gasteiger partial charge in [-0.15, -0.1) is 0 Å². The lowest BCUT2D eigenvalue weighted by Gasteiger charge is -2.36. The molecule has 7 nitrogen and oxygen atoms in total. The van der Waals surface area contributed by atoms with E-state index in [0.29, 0.717) is 25.3 Å². The minimum atomic E-state index is -0.841. The van der Waals surface area contributed by atoms with Crippen molar-refractivity contribution in [3.05, 3.63) is 41.7 Å². The Kier molecular flexibility index (Phi) is 8.72. The Morgan fingerprint density at radius 3 is 2.79 bits per heavy atom. The number of amides is 2. The predicted octanol–water partition coefficient (Wildman–Crippen LogP) is 1.77.